The summed E-state index contributed by atoms with van der Waals surface area (Å²) in [6.07, 6.45) is 2.61. The fourth-order valence-electron chi connectivity index (χ4n) is 7.86. The zero-order valence-corrected chi connectivity index (χ0v) is 44.1. The van der Waals surface area contributed by atoms with Crippen molar-refractivity contribution in [2.45, 2.75) is 128 Å². The molecule has 0 saturated carbocycles. The minimum atomic E-state index is -1.93. The molecule has 13 N–H and O–H groups in total. The lowest BCUT2D eigenvalue weighted by atomic mass is 9.94. The fraction of sp³-hybridized carbons (Fsp3) is 0.453. The summed E-state index contributed by atoms with van der Waals surface area (Å²) in [5.74, 6) is -12.2. The van der Waals surface area contributed by atoms with Crippen molar-refractivity contribution in [3.05, 3.63) is 102 Å². The van der Waals surface area contributed by atoms with Gasteiger partial charge >= 0.3 is 17.9 Å². The zero-order valence-electron chi connectivity index (χ0n) is 44.1. The molecule has 0 aromatic heterocycles. The van der Waals surface area contributed by atoms with Crippen molar-refractivity contribution in [2.75, 3.05) is 13.6 Å². The van der Waals surface area contributed by atoms with Gasteiger partial charge in [0.05, 0.1) is 18.4 Å². The van der Waals surface area contributed by atoms with E-state index < -0.39 is 132 Å². The molecule has 1 aliphatic rings. The topological polar surface area (TPSA) is 380 Å². The number of phenolic OH excluding ortho intramolecular Hbond substituents is 1. The molecule has 418 valence electrons. The molecule has 9 atom stereocenters. The molecular formula is C53H72N10O14. The highest BCUT2D eigenvalue weighted by atomic mass is 16.5. The maximum Gasteiger partial charge on any atom is 0.326 e. The van der Waals surface area contributed by atoms with Gasteiger partial charge in [-0.25, -0.2) is 9.59 Å². The van der Waals surface area contributed by atoms with Crippen LogP contribution in [-0.2, 0) is 65.5 Å². The van der Waals surface area contributed by atoms with E-state index in [4.69, 9.17) is 16.2 Å². The number of guanidine groups is 1. The number of likely N-dealkylation sites (N-methyl/N-ethyl adjacent to an activating group) is 1. The number of nitrogens with zero attached hydrogens (tertiary/aromatic N) is 2. The Morgan fingerprint density at radius 2 is 1.42 bits per heavy atom. The zero-order chi connectivity index (χ0) is 57.5. The molecule has 3 rings (SSSR count). The van der Waals surface area contributed by atoms with Gasteiger partial charge in [-0.15, -0.1) is 0 Å². The highest BCUT2D eigenvalue weighted by Crippen LogP contribution is 2.20. The number of phenols is 1. The number of ether oxygens (including phenoxy) is 1. The second kappa shape index (κ2) is 30.7. The van der Waals surface area contributed by atoms with Gasteiger partial charge in [0, 0.05) is 39.3 Å². The number of carbonyl (C=O) groups excluding carboxylic acids is 8. The molecule has 1 heterocycles. The van der Waals surface area contributed by atoms with Gasteiger partial charge in [0.25, 0.3) is 5.91 Å². The highest BCUT2D eigenvalue weighted by Gasteiger charge is 2.34. The van der Waals surface area contributed by atoms with Crippen molar-refractivity contribution in [1.29, 1.82) is 0 Å². The number of carbonyl (C=O) groups is 10. The number of nitrogens with one attached hydrogen (secondary N) is 6. The Kier molecular flexibility index (Phi) is 25.0. The predicted octanol–water partition coefficient (Wildman–Crippen LogP) is 0.581. The van der Waals surface area contributed by atoms with Crippen LogP contribution in [0.5, 0.6) is 5.75 Å². The van der Waals surface area contributed by atoms with Crippen LogP contribution in [0.4, 0.5) is 0 Å². The first-order chi connectivity index (χ1) is 36.2. The number of rotatable bonds is 16. The van der Waals surface area contributed by atoms with Gasteiger partial charge in [0.1, 0.15) is 47.8 Å². The van der Waals surface area contributed by atoms with E-state index in [0.29, 0.717) is 17.6 Å². The SMILES string of the molecule is C=C1C(=O)N[C@H](C)C(=O)N[C@@H](CCc2ccc(O)cc2)C(=O)N[C@@H](C(=O)O)CC(=O)N[C@@H](CCCN=C(N)N)C(=O)N[C@@H](/C=C/C(C)=C/[C@H](C)[C@H](Cc2ccccc2)OC(C)=O)[C@H](C)C(=O)N[C@@H](C(=O)O)CCC(=O)N1C. The Hall–Kier alpha value is -8.57. The highest BCUT2D eigenvalue weighted by molar-refractivity contribution is 6.00. The van der Waals surface area contributed by atoms with Gasteiger partial charge in [-0.3, -0.25) is 43.3 Å². The minimum Gasteiger partial charge on any atom is -0.508 e. The smallest absolute Gasteiger partial charge is 0.326 e. The number of allylic oxidation sites excluding steroid dienone is 2. The molecule has 24 heteroatoms. The van der Waals surface area contributed by atoms with Crippen LogP contribution in [0.3, 0.4) is 0 Å². The maximum atomic E-state index is 14.4. The van der Waals surface area contributed by atoms with E-state index in [9.17, 15) is 63.3 Å². The third kappa shape index (κ3) is 21.7. The van der Waals surface area contributed by atoms with Gasteiger partial charge in [-0.1, -0.05) is 86.7 Å². The first-order valence-electron chi connectivity index (χ1n) is 24.9. The number of carboxylic acid groups (broad SMARTS) is 2. The first-order valence-corrected chi connectivity index (χ1v) is 24.9. The number of aliphatic carboxylic acids is 2. The van der Waals surface area contributed by atoms with E-state index in [1.54, 1.807) is 25.1 Å². The lowest BCUT2D eigenvalue weighted by Crippen LogP contribution is -2.56. The van der Waals surface area contributed by atoms with Crippen LogP contribution in [0.1, 0.15) is 84.3 Å². The van der Waals surface area contributed by atoms with Gasteiger partial charge in [-0.05, 0) is 69.2 Å². The van der Waals surface area contributed by atoms with Gasteiger partial charge in [0.15, 0.2) is 5.96 Å². The van der Waals surface area contributed by atoms with Crippen molar-refractivity contribution in [2.24, 2.45) is 28.3 Å². The third-order valence-electron chi connectivity index (χ3n) is 12.5. The molecule has 1 saturated heterocycles. The molecule has 0 unspecified atom stereocenters. The van der Waals surface area contributed by atoms with Crippen molar-refractivity contribution in [3.8, 4) is 5.75 Å². The summed E-state index contributed by atoms with van der Waals surface area (Å²) in [4.78, 5) is 138. The summed E-state index contributed by atoms with van der Waals surface area (Å²) in [6, 6.07) is 6.07. The Morgan fingerprint density at radius 1 is 0.805 bits per heavy atom. The first kappa shape index (κ1) is 62.7. The molecule has 0 spiro atoms. The molecule has 24 nitrogen and oxygen atoms in total. The Morgan fingerprint density at radius 3 is 2.03 bits per heavy atom. The number of amides is 7. The average molecular weight is 1070 g/mol. The Bertz CT molecular complexity index is 2550. The lowest BCUT2D eigenvalue weighted by Gasteiger charge is -2.27. The fourth-order valence-corrected chi connectivity index (χ4v) is 7.86. The molecule has 0 radical (unpaired) electrons. The molecule has 1 fully saturated rings. The molecule has 77 heavy (non-hydrogen) atoms. The van der Waals surface area contributed by atoms with Gasteiger partial charge in [0.2, 0.25) is 35.4 Å². The second-order valence-electron chi connectivity index (χ2n) is 18.8. The summed E-state index contributed by atoms with van der Waals surface area (Å²) < 4.78 is 5.67. The van der Waals surface area contributed by atoms with Crippen LogP contribution in [0.15, 0.2) is 95.7 Å². The van der Waals surface area contributed by atoms with Crippen LogP contribution in [0.2, 0.25) is 0 Å². The van der Waals surface area contributed by atoms with E-state index in [-0.39, 0.29) is 49.9 Å². The van der Waals surface area contributed by atoms with E-state index in [1.165, 1.54) is 46.0 Å². The number of esters is 1. The number of benzene rings is 2. The van der Waals surface area contributed by atoms with Crippen molar-refractivity contribution in [1.82, 2.24) is 36.8 Å². The quantitative estimate of drug-likeness (QED) is 0.0274. The summed E-state index contributed by atoms with van der Waals surface area (Å²) in [6.45, 7) is 11.1. The summed E-state index contributed by atoms with van der Waals surface area (Å²) in [5, 5.41) is 45.0. The number of hydrogen-bond donors (Lipinski definition) is 11. The van der Waals surface area contributed by atoms with Gasteiger partial charge in [-0.2, -0.15) is 0 Å². The normalized spacial score (nSPS) is 23.1. The van der Waals surface area contributed by atoms with Crippen LogP contribution in [0.25, 0.3) is 0 Å². The second-order valence-corrected chi connectivity index (χ2v) is 18.8. The molecule has 7 amide bonds. The molecular weight excluding hydrogens is 1000 g/mol. The lowest BCUT2D eigenvalue weighted by molar-refractivity contribution is -0.148. The molecule has 1 aliphatic heterocycles. The van der Waals surface area contributed by atoms with Crippen molar-refractivity contribution >= 4 is 65.2 Å². The Labute approximate surface area is 446 Å². The number of carboxylic acids is 2. The largest absolute Gasteiger partial charge is 0.508 e. The van der Waals surface area contributed by atoms with Crippen molar-refractivity contribution < 1.29 is 68.0 Å². The monoisotopic (exact) mass is 1070 g/mol. The van der Waals surface area contributed by atoms with E-state index >= 15 is 0 Å². The molecule has 2 aromatic rings. The van der Waals surface area contributed by atoms with Crippen LogP contribution in [-0.4, -0.2) is 141 Å². The van der Waals surface area contributed by atoms with E-state index in [2.05, 4.69) is 43.5 Å². The number of aromatic hydroxyl groups is 1. The van der Waals surface area contributed by atoms with Gasteiger partial charge < -0.3 is 68.3 Å². The third-order valence-corrected chi connectivity index (χ3v) is 12.5. The van der Waals surface area contributed by atoms with Crippen LogP contribution in [0, 0.1) is 11.8 Å². The molecule has 2 aromatic carbocycles. The summed E-state index contributed by atoms with van der Waals surface area (Å²) in [7, 11) is 1.19. The Balaban J connectivity index is 2.12. The number of hydrogen-bond acceptors (Lipinski definition) is 13. The van der Waals surface area contributed by atoms with E-state index in [1.807, 2.05) is 43.3 Å². The molecule has 0 bridgehead atoms. The van der Waals surface area contributed by atoms with E-state index in [0.717, 1.165) is 10.5 Å². The summed E-state index contributed by atoms with van der Waals surface area (Å²) >= 11 is 0. The van der Waals surface area contributed by atoms with Crippen molar-refractivity contribution in [3.63, 3.8) is 0 Å². The standard InChI is InChI=1S/C53H72N10O14/c1-29(26-30(2)43(77-34(6)64)27-36-12-9-8-10-13-36)15-21-38-31(3)46(68)61-41(51(73)74)23-24-45(67)63(7)33(5)48(70)57-32(4)47(69)60-40(22-18-35-16-19-37(65)20-17-35)50(72)62-42(52(75)76)28-44(66)58-39(49(71)59-38)14-11-25-56-53(54)55/h8-10,12-13,15-17,19-21,26,30-32,38-43,65H,5,11,14,18,22-25,27-28H2,1-4,6-7H3,(H,57,70)(H,58,66)(H,59,71)(H,60,69)(H,61,68)(H,62,72)(H,73,74)(H,75,76)(H4,54,55,56)/b21-15+,29-26+/t30-,31-,32+,38-,39-,40-,41+,42+,43-/m0/s1. The molecule has 0 aliphatic carbocycles. The number of nitrogens with two attached hydrogens (primary N) is 2. The summed E-state index contributed by atoms with van der Waals surface area (Å²) in [5.41, 5.74) is 12.7. The van der Waals surface area contributed by atoms with Crippen LogP contribution < -0.4 is 43.4 Å². The minimum absolute atomic E-state index is 0.0127. The van der Waals surface area contributed by atoms with Crippen LogP contribution >= 0.6 is 0 Å². The maximum absolute atomic E-state index is 14.4. The number of aryl methyl sites for hydroxylation is 1. The average Bonchev–Trinajstić information content (AvgIpc) is 3.37. The number of aliphatic imine (C=N–C) groups is 1. The predicted molar refractivity (Wildman–Crippen MR) is 282 cm³/mol.